The highest BCUT2D eigenvalue weighted by Crippen LogP contribution is 2.43. The molecular weight excluding hydrogens is 252 g/mol. The third-order valence-electron chi connectivity index (χ3n) is 4.58. The second kappa shape index (κ2) is 5.49. The van der Waals surface area contributed by atoms with E-state index in [-0.39, 0.29) is 17.6 Å². The minimum Gasteiger partial charge on any atom is -0.394 e. The summed E-state index contributed by atoms with van der Waals surface area (Å²) in [5.74, 6) is 1.49. The standard InChI is InChI=1S/C16H28N2O2/c1-11-6-15(4,5)9-16(7-11,10-19)17-8-14-12(2)18-20-13(14)3/h11,17,19H,6-10H2,1-5H3/t11-,16-/m1/s1. The van der Waals surface area contributed by atoms with E-state index in [2.05, 4.69) is 31.2 Å². The minimum absolute atomic E-state index is 0.183. The molecule has 2 rings (SSSR count). The topological polar surface area (TPSA) is 58.3 Å². The molecular formula is C16H28N2O2. The predicted octanol–water partition coefficient (Wildman–Crippen LogP) is 2.96. The molecule has 1 fully saturated rings. The van der Waals surface area contributed by atoms with Gasteiger partial charge >= 0.3 is 0 Å². The summed E-state index contributed by atoms with van der Waals surface area (Å²) < 4.78 is 5.21. The molecule has 0 unspecified atom stereocenters. The zero-order chi connectivity index (χ0) is 15.0. The van der Waals surface area contributed by atoms with Crippen LogP contribution in [0.4, 0.5) is 0 Å². The van der Waals surface area contributed by atoms with Crippen LogP contribution in [0.25, 0.3) is 0 Å². The first-order chi connectivity index (χ1) is 9.27. The molecule has 1 aliphatic rings. The van der Waals surface area contributed by atoms with Crippen molar-refractivity contribution in [2.75, 3.05) is 6.61 Å². The summed E-state index contributed by atoms with van der Waals surface area (Å²) in [6, 6.07) is 0. The van der Waals surface area contributed by atoms with Gasteiger partial charge in [-0.05, 0) is 44.4 Å². The Balaban J connectivity index is 2.12. The molecule has 20 heavy (non-hydrogen) atoms. The fraction of sp³-hybridized carbons (Fsp3) is 0.812. The van der Waals surface area contributed by atoms with Gasteiger partial charge in [-0.15, -0.1) is 0 Å². The van der Waals surface area contributed by atoms with E-state index in [1.807, 2.05) is 13.8 Å². The molecule has 4 heteroatoms. The minimum atomic E-state index is -0.183. The number of nitrogens with one attached hydrogen (secondary N) is 1. The van der Waals surface area contributed by atoms with Gasteiger partial charge in [0.05, 0.1) is 12.3 Å². The summed E-state index contributed by atoms with van der Waals surface area (Å²) in [5, 5.41) is 17.6. The third kappa shape index (κ3) is 3.23. The first-order valence-corrected chi connectivity index (χ1v) is 7.55. The first-order valence-electron chi connectivity index (χ1n) is 7.55. The van der Waals surface area contributed by atoms with Gasteiger partial charge in [0, 0.05) is 17.6 Å². The molecule has 0 aliphatic heterocycles. The molecule has 0 spiro atoms. The van der Waals surface area contributed by atoms with E-state index < -0.39 is 0 Å². The monoisotopic (exact) mass is 280 g/mol. The second-order valence-corrected chi connectivity index (χ2v) is 7.45. The fourth-order valence-corrected chi connectivity index (χ4v) is 4.08. The fourth-order valence-electron chi connectivity index (χ4n) is 4.08. The van der Waals surface area contributed by atoms with Gasteiger partial charge in [0.2, 0.25) is 0 Å². The summed E-state index contributed by atoms with van der Waals surface area (Å²) in [4.78, 5) is 0. The highest BCUT2D eigenvalue weighted by atomic mass is 16.5. The van der Waals surface area contributed by atoms with Crippen LogP contribution in [0.5, 0.6) is 0 Å². The van der Waals surface area contributed by atoms with Crippen molar-refractivity contribution in [2.24, 2.45) is 11.3 Å². The lowest BCUT2D eigenvalue weighted by Gasteiger charge is -2.47. The van der Waals surface area contributed by atoms with Crippen LogP contribution < -0.4 is 5.32 Å². The number of aromatic nitrogens is 1. The lowest BCUT2D eigenvalue weighted by Crippen LogP contribution is -2.54. The van der Waals surface area contributed by atoms with Crippen molar-refractivity contribution in [2.45, 2.75) is 66.0 Å². The van der Waals surface area contributed by atoms with Crippen molar-refractivity contribution in [3.8, 4) is 0 Å². The van der Waals surface area contributed by atoms with Gasteiger partial charge in [0.15, 0.2) is 0 Å². The SMILES string of the molecule is Cc1noc(C)c1CN[C@]1(CO)C[C@H](C)CC(C)(C)C1. The Labute approximate surface area is 121 Å². The average Bonchev–Trinajstić information content (AvgIpc) is 2.64. The number of aliphatic hydroxyl groups is 1. The number of rotatable bonds is 4. The number of hydrogen-bond donors (Lipinski definition) is 2. The van der Waals surface area contributed by atoms with Crippen LogP contribution in [0.15, 0.2) is 4.52 Å². The molecule has 114 valence electrons. The molecule has 0 saturated heterocycles. The number of nitrogens with zero attached hydrogens (tertiary/aromatic N) is 1. The van der Waals surface area contributed by atoms with Crippen LogP contribution >= 0.6 is 0 Å². The zero-order valence-corrected chi connectivity index (χ0v) is 13.4. The van der Waals surface area contributed by atoms with E-state index in [0.29, 0.717) is 12.5 Å². The summed E-state index contributed by atoms with van der Waals surface area (Å²) in [5.41, 5.74) is 2.14. The maximum atomic E-state index is 9.96. The molecule has 0 amide bonds. The number of hydrogen-bond acceptors (Lipinski definition) is 4. The van der Waals surface area contributed by atoms with Crippen LogP contribution in [-0.4, -0.2) is 22.4 Å². The Bertz CT molecular complexity index is 448. The Hall–Kier alpha value is -0.870. The van der Waals surface area contributed by atoms with Crippen molar-refractivity contribution in [3.63, 3.8) is 0 Å². The van der Waals surface area contributed by atoms with Gasteiger partial charge in [-0.25, -0.2) is 0 Å². The Morgan fingerprint density at radius 2 is 2.05 bits per heavy atom. The lowest BCUT2D eigenvalue weighted by molar-refractivity contribution is 0.0351. The molecule has 1 aromatic heterocycles. The van der Waals surface area contributed by atoms with Crippen LogP contribution in [-0.2, 0) is 6.54 Å². The van der Waals surface area contributed by atoms with E-state index in [9.17, 15) is 5.11 Å². The van der Waals surface area contributed by atoms with E-state index in [1.54, 1.807) is 0 Å². The highest BCUT2D eigenvalue weighted by molar-refractivity contribution is 5.21. The summed E-state index contributed by atoms with van der Waals surface area (Å²) in [6.07, 6.45) is 3.25. The van der Waals surface area contributed by atoms with Gasteiger partial charge in [0.25, 0.3) is 0 Å². The smallest absolute Gasteiger partial charge is 0.138 e. The highest BCUT2D eigenvalue weighted by Gasteiger charge is 2.42. The van der Waals surface area contributed by atoms with Gasteiger partial charge < -0.3 is 14.9 Å². The summed E-state index contributed by atoms with van der Waals surface area (Å²) >= 11 is 0. The van der Waals surface area contributed by atoms with Gasteiger partial charge in [0.1, 0.15) is 5.76 Å². The average molecular weight is 280 g/mol. The molecule has 0 bridgehead atoms. The molecule has 1 aromatic rings. The van der Waals surface area contributed by atoms with Crippen molar-refractivity contribution < 1.29 is 9.63 Å². The maximum Gasteiger partial charge on any atom is 0.138 e. The number of aryl methyl sites for hydroxylation is 2. The molecule has 0 aromatic carbocycles. The second-order valence-electron chi connectivity index (χ2n) is 7.45. The predicted molar refractivity (Wildman–Crippen MR) is 79.4 cm³/mol. The van der Waals surface area contributed by atoms with E-state index in [0.717, 1.165) is 29.9 Å². The van der Waals surface area contributed by atoms with Crippen LogP contribution in [0.1, 0.15) is 57.1 Å². The maximum absolute atomic E-state index is 9.96. The molecule has 4 nitrogen and oxygen atoms in total. The summed E-state index contributed by atoms with van der Waals surface area (Å²) in [7, 11) is 0. The van der Waals surface area contributed by atoms with Gasteiger partial charge in [-0.2, -0.15) is 0 Å². The van der Waals surface area contributed by atoms with Crippen molar-refractivity contribution >= 4 is 0 Å². The quantitative estimate of drug-likeness (QED) is 0.890. The molecule has 0 radical (unpaired) electrons. The van der Waals surface area contributed by atoms with Crippen molar-refractivity contribution in [3.05, 3.63) is 17.0 Å². The molecule has 2 N–H and O–H groups in total. The summed E-state index contributed by atoms with van der Waals surface area (Å²) in [6.45, 7) is 11.7. The van der Waals surface area contributed by atoms with Crippen LogP contribution in [0.3, 0.4) is 0 Å². The van der Waals surface area contributed by atoms with Crippen LogP contribution in [0.2, 0.25) is 0 Å². The van der Waals surface area contributed by atoms with E-state index >= 15 is 0 Å². The van der Waals surface area contributed by atoms with Crippen molar-refractivity contribution in [1.29, 1.82) is 0 Å². The Morgan fingerprint density at radius 3 is 2.55 bits per heavy atom. The molecule has 1 aliphatic carbocycles. The normalized spacial score (nSPS) is 29.6. The van der Waals surface area contributed by atoms with E-state index in [4.69, 9.17) is 4.52 Å². The first kappa shape index (κ1) is 15.5. The molecule has 2 atom stereocenters. The third-order valence-corrected chi connectivity index (χ3v) is 4.58. The molecule has 1 heterocycles. The van der Waals surface area contributed by atoms with Crippen molar-refractivity contribution in [1.82, 2.24) is 10.5 Å². The van der Waals surface area contributed by atoms with Gasteiger partial charge in [-0.1, -0.05) is 25.9 Å². The van der Waals surface area contributed by atoms with Gasteiger partial charge in [-0.3, -0.25) is 0 Å². The Morgan fingerprint density at radius 1 is 1.35 bits per heavy atom. The van der Waals surface area contributed by atoms with Crippen LogP contribution in [0, 0.1) is 25.2 Å². The number of aliphatic hydroxyl groups excluding tert-OH is 1. The lowest BCUT2D eigenvalue weighted by atomic mass is 9.64. The Kier molecular flexibility index (Phi) is 4.26. The van der Waals surface area contributed by atoms with E-state index in [1.165, 1.54) is 6.42 Å². The zero-order valence-electron chi connectivity index (χ0n) is 13.4. The molecule has 1 saturated carbocycles. The largest absolute Gasteiger partial charge is 0.394 e.